The standard InChI is InChI=1S/C29H43N5O3/c1-37-16-8-15-34-26-13-6-5-12-25(26)31-28(34)22-11-7-14-32(18-22)29(36)23-19-33(20-24(23)30)27(35)17-21-9-3-2-4-10-21/h5-6,12-13,21-24H,2-4,7-11,14-20,30H2,1H3. The van der Waals surface area contributed by atoms with Gasteiger partial charge in [0.05, 0.1) is 17.0 Å². The highest BCUT2D eigenvalue weighted by Gasteiger charge is 2.41. The molecule has 0 bridgehead atoms. The number of aryl methyl sites for hydroxylation is 1. The number of imidazole rings is 1. The number of para-hydroxylation sites is 2. The van der Waals surface area contributed by atoms with Crippen molar-refractivity contribution in [3.8, 4) is 0 Å². The van der Waals surface area contributed by atoms with E-state index in [0.29, 0.717) is 38.6 Å². The van der Waals surface area contributed by atoms with Crippen LogP contribution in [0.25, 0.3) is 11.0 Å². The van der Waals surface area contributed by atoms with Crippen LogP contribution in [0.5, 0.6) is 0 Å². The summed E-state index contributed by atoms with van der Waals surface area (Å²) in [6.07, 6.45) is 9.54. The molecular formula is C29H43N5O3. The lowest BCUT2D eigenvalue weighted by Gasteiger charge is -2.35. The third kappa shape index (κ3) is 5.85. The van der Waals surface area contributed by atoms with Crippen LogP contribution in [0.1, 0.15) is 69.5 Å². The van der Waals surface area contributed by atoms with Crippen LogP contribution >= 0.6 is 0 Å². The summed E-state index contributed by atoms with van der Waals surface area (Å²) >= 11 is 0. The van der Waals surface area contributed by atoms with Crippen LogP contribution in [0.2, 0.25) is 0 Å². The Balaban J connectivity index is 1.25. The number of hydrogen-bond acceptors (Lipinski definition) is 5. The van der Waals surface area contributed by atoms with Crippen LogP contribution in [0, 0.1) is 11.8 Å². The maximum atomic E-state index is 13.7. The number of ether oxygens (including phenoxy) is 1. The van der Waals surface area contributed by atoms with Crippen molar-refractivity contribution in [2.45, 2.75) is 76.3 Å². The number of fused-ring (bicyclic) bond motifs is 1. The van der Waals surface area contributed by atoms with Crippen LogP contribution in [0.15, 0.2) is 24.3 Å². The lowest BCUT2D eigenvalue weighted by molar-refractivity contribution is -0.137. The molecule has 0 radical (unpaired) electrons. The molecule has 3 heterocycles. The number of amides is 2. The molecule has 1 saturated carbocycles. The second-order valence-electron chi connectivity index (χ2n) is 11.4. The minimum Gasteiger partial charge on any atom is -0.385 e. The highest BCUT2D eigenvalue weighted by molar-refractivity contribution is 5.83. The van der Waals surface area contributed by atoms with E-state index >= 15 is 0 Å². The summed E-state index contributed by atoms with van der Waals surface area (Å²) in [5.41, 5.74) is 8.61. The van der Waals surface area contributed by atoms with Gasteiger partial charge in [0.25, 0.3) is 0 Å². The van der Waals surface area contributed by atoms with Crippen LogP contribution < -0.4 is 5.73 Å². The van der Waals surface area contributed by atoms with Crippen LogP contribution in [0.4, 0.5) is 0 Å². The van der Waals surface area contributed by atoms with Crippen molar-refractivity contribution in [2.75, 3.05) is 39.9 Å². The smallest absolute Gasteiger partial charge is 0.229 e. The average molecular weight is 510 g/mol. The van der Waals surface area contributed by atoms with E-state index in [9.17, 15) is 9.59 Å². The summed E-state index contributed by atoms with van der Waals surface area (Å²) in [6.45, 7) is 3.91. The summed E-state index contributed by atoms with van der Waals surface area (Å²) in [7, 11) is 1.73. The van der Waals surface area contributed by atoms with Crippen molar-refractivity contribution in [2.24, 2.45) is 17.6 Å². The third-order valence-electron chi connectivity index (χ3n) is 8.74. The topological polar surface area (TPSA) is 93.7 Å². The largest absolute Gasteiger partial charge is 0.385 e. The second-order valence-corrected chi connectivity index (χ2v) is 11.4. The molecule has 3 unspecified atom stereocenters. The van der Waals surface area contributed by atoms with E-state index in [1.165, 1.54) is 19.3 Å². The van der Waals surface area contributed by atoms with Gasteiger partial charge in [-0.05, 0) is 50.2 Å². The molecule has 1 aliphatic carbocycles. The van der Waals surface area contributed by atoms with Crippen molar-refractivity contribution < 1.29 is 14.3 Å². The number of benzene rings is 1. The fourth-order valence-electron chi connectivity index (χ4n) is 6.69. The molecule has 5 rings (SSSR count). The van der Waals surface area contributed by atoms with Gasteiger partial charge in [0.1, 0.15) is 5.82 Å². The summed E-state index contributed by atoms with van der Waals surface area (Å²) in [4.78, 5) is 35.5. The summed E-state index contributed by atoms with van der Waals surface area (Å²) in [6, 6.07) is 7.98. The lowest BCUT2D eigenvalue weighted by Crippen LogP contribution is -2.47. The maximum Gasteiger partial charge on any atom is 0.229 e. The molecule has 2 aromatic rings. The second kappa shape index (κ2) is 11.9. The number of aromatic nitrogens is 2. The first-order valence-electron chi connectivity index (χ1n) is 14.3. The first-order valence-corrected chi connectivity index (χ1v) is 14.3. The van der Waals surface area contributed by atoms with Gasteiger partial charge < -0.3 is 24.8 Å². The molecular weight excluding hydrogens is 466 g/mol. The Morgan fingerprint density at radius 1 is 1.03 bits per heavy atom. The van der Waals surface area contributed by atoms with Crippen molar-refractivity contribution in [3.05, 3.63) is 30.1 Å². The molecule has 1 aromatic carbocycles. The van der Waals surface area contributed by atoms with Crippen molar-refractivity contribution in [1.29, 1.82) is 0 Å². The number of carbonyl (C=O) groups excluding carboxylic acids is 2. The van der Waals surface area contributed by atoms with Gasteiger partial charge >= 0.3 is 0 Å². The van der Waals surface area contributed by atoms with E-state index in [1.807, 2.05) is 15.9 Å². The minimum atomic E-state index is -0.311. The molecule has 3 aliphatic rings. The number of rotatable bonds is 8. The van der Waals surface area contributed by atoms with Crippen molar-refractivity contribution in [3.63, 3.8) is 0 Å². The minimum absolute atomic E-state index is 0.104. The Morgan fingerprint density at radius 2 is 1.84 bits per heavy atom. The zero-order chi connectivity index (χ0) is 25.8. The van der Waals surface area contributed by atoms with E-state index in [-0.39, 0.29) is 29.7 Å². The fourth-order valence-corrected chi connectivity index (χ4v) is 6.69. The van der Waals surface area contributed by atoms with Crippen LogP contribution in [-0.2, 0) is 20.9 Å². The lowest BCUT2D eigenvalue weighted by atomic mass is 9.87. The quantitative estimate of drug-likeness (QED) is 0.550. The molecule has 3 atom stereocenters. The van der Waals surface area contributed by atoms with E-state index in [0.717, 1.165) is 62.1 Å². The van der Waals surface area contributed by atoms with E-state index in [1.54, 1.807) is 7.11 Å². The van der Waals surface area contributed by atoms with Gasteiger partial charge in [-0.2, -0.15) is 0 Å². The van der Waals surface area contributed by atoms with Gasteiger partial charge in [-0.25, -0.2) is 4.98 Å². The zero-order valence-electron chi connectivity index (χ0n) is 22.3. The zero-order valence-corrected chi connectivity index (χ0v) is 22.3. The van der Waals surface area contributed by atoms with Gasteiger partial charge in [0.2, 0.25) is 11.8 Å². The average Bonchev–Trinajstić information content (AvgIpc) is 3.50. The number of piperidine rings is 1. The molecule has 2 saturated heterocycles. The normalized spacial score (nSPS) is 25.2. The SMILES string of the molecule is COCCCn1c(C2CCCN(C(=O)C3CN(C(=O)CC4CCCCC4)CC3N)C2)nc2ccccc21. The predicted octanol–water partition coefficient (Wildman–Crippen LogP) is 3.53. The molecule has 2 N–H and O–H groups in total. The Labute approximate surface area is 220 Å². The number of nitrogens with two attached hydrogens (primary N) is 1. The van der Waals surface area contributed by atoms with Gasteiger partial charge in [-0.1, -0.05) is 31.4 Å². The molecule has 8 nitrogen and oxygen atoms in total. The molecule has 2 aliphatic heterocycles. The fraction of sp³-hybridized carbons (Fsp3) is 0.690. The third-order valence-corrected chi connectivity index (χ3v) is 8.74. The van der Waals surface area contributed by atoms with Crippen molar-refractivity contribution in [1.82, 2.24) is 19.4 Å². The molecule has 202 valence electrons. The first kappa shape index (κ1) is 26.2. The molecule has 8 heteroatoms. The molecule has 37 heavy (non-hydrogen) atoms. The Morgan fingerprint density at radius 3 is 2.65 bits per heavy atom. The highest BCUT2D eigenvalue weighted by atomic mass is 16.5. The van der Waals surface area contributed by atoms with Gasteiger partial charge in [-0.3, -0.25) is 9.59 Å². The number of carbonyl (C=O) groups is 2. The van der Waals surface area contributed by atoms with Gasteiger partial charge in [0.15, 0.2) is 0 Å². The van der Waals surface area contributed by atoms with Crippen molar-refractivity contribution >= 4 is 22.8 Å². The van der Waals surface area contributed by atoms with E-state index < -0.39 is 0 Å². The van der Waals surface area contributed by atoms with Gasteiger partial charge in [0, 0.05) is 64.8 Å². The monoisotopic (exact) mass is 509 g/mol. The number of likely N-dealkylation sites (tertiary alicyclic amines) is 2. The number of hydrogen-bond donors (Lipinski definition) is 1. The van der Waals surface area contributed by atoms with Crippen LogP contribution in [0.3, 0.4) is 0 Å². The Hall–Kier alpha value is -2.45. The Kier molecular flexibility index (Phi) is 8.45. The summed E-state index contributed by atoms with van der Waals surface area (Å²) in [5.74, 6) is 1.73. The number of methoxy groups -OCH3 is 1. The summed E-state index contributed by atoms with van der Waals surface area (Å²) in [5, 5.41) is 0. The first-order chi connectivity index (χ1) is 18.0. The maximum absolute atomic E-state index is 13.7. The van der Waals surface area contributed by atoms with Crippen LogP contribution in [-0.4, -0.2) is 77.1 Å². The highest BCUT2D eigenvalue weighted by Crippen LogP contribution is 2.32. The molecule has 3 fully saturated rings. The molecule has 0 spiro atoms. The van der Waals surface area contributed by atoms with Gasteiger partial charge in [-0.15, -0.1) is 0 Å². The molecule has 2 amide bonds. The summed E-state index contributed by atoms with van der Waals surface area (Å²) < 4.78 is 7.61. The molecule has 1 aromatic heterocycles. The number of nitrogens with zero attached hydrogens (tertiary/aromatic N) is 4. The Bertz CT molecular complexity index is 1080. The van der Waals surface area contributed by atoms with E-state index in [4.69, 9.17) is 15.5 Å². The van der Waals surface area contributed by atoms with E-state index in [2.05, 4.69) is 22.8 Å². The predicted molar refractivity (Wildman–Crippen MR) is 144 cm³/mol.